The summed E-state index contributed by atoms with van der Waals surface area (Å²) in [4.78, 5) is 12.4. The first kappa shape index (κ1) is 15.1. The van der Waals surface area contributed by atoms with E-state index in [2.05, 4.69) is 40.2 Å². The molecule has 2 unspecified atom stereocenters. The Morgan fingerprint density at radius 3 is 3.18 bits per heavy atom. The topological polar surface area (TPSA) is 54.8 Å². The van der Waals surface area contributed by atoms with Crippen LogP contribution >= 0.6 is 0 Å². The minimum atomic E-state index is -0.127. The smallest absolute Gasteiger partial charge is 0.227 e. The van der Waals surface area contributed by atoms with Crippen LogP contribution in [0.2, 0.25) is 0 Å². The van der Waals surface area contributed by atoms with Gasteiger partial charge in [-0.05, 0) is 37.6 Å². The van der Waals surface area contributed by atoms with E-state index in [0.29, 0.717) is 19.8 Å². The van der Waals surface area contributed by atoms with Gasteiger partial charge >= 0.3 is 0 Å². The van der Waals surface area contributed by atoms with Gasteiger partial charge in [-0.25, -0.2) is 0 Å². The van der Waals surface area contributed by atoms with Gasteiger partial charge in [-0.15, -0.1) is 0 Å². The van der Waals surface area contributed by atoms with E-state index in [4.69, 9.17) is 4.74 Å². The van der Waals surface area contributed by atoms with Crippen LogP contribution < -0.4 is 10.6 Å². The van der Waals surface area contributed by atoms with Crippen molar-refractivity contribution < 1.29 is 9.53 Å². The highest BCUT2D eigenvalue weighted by molar-refractivity contribution is 5.79. The van der Waals surface area contributed by atoms with Crippen LogP contribution in [0.15, 0.2) is 30.5 Å². The third-order valence-electron chi connectivity index (χ3n) is 4.24. The number of rotatable bonds is 3. The molecule has 0 spiro atoms. The maximum absolute atomic E-state index is 12.4. The lowest BCUT2D eigenvalue weighted by molar-refractivity contribution is -0.127. The standard InChI is InChI=1S/C17H23N3O2/c1-12-4-3-8-20-15(12)5-6-16(20)13(2)19-17(21)14-10-18-7-9-22-11-14/h3-6,8,13-14,18H,7,9-11H2,1-2H3,(H,19,21). The zero-order valence-corrected chi connectivity index (χ0v) is 13.1. The maximum atomic E-state index is 12.4. The van der Waals surface area contributed by atoms with Crippen molar-refractivity contribution in [3.05, 3.63) is 41.7 Å². The van der Waals surface area contributed by atoms with E-state index in [-0.39, 0.29) is 17.9 Å². The zero-order chi connectivity index (χ0) is 15.5. The highest BCUT2D eigenvalue weighted by atomic mass is 16.5. The molecule has 0 aromatic carbocycles. The van der Waals surface area contributed by atoms with E-state index in [1.807, 2.05) is 19.2 Å². The number of carbonyl (C=O) groups excluding carboxylic acids is 1. The number of amides is 1. The van der Waals surface area contributed by atoms with Crippen LogP contribution in [-0.2, 0) is 9.53 Å². The molecule has 1 aliphatic rings. The van der Waals surface area contributed by atoms with Crippen molar-refractivity contribution in [2.75, 3.05) is 26.3 Å². The van der Waals surface area contributed by atoms with E-state index in [1.165, 1.54) is 11.1 Å². The van der Waals surface area contributed by atoms with E-state index in [0.717, 1.165) is 12.2 Å². The van der Waals surface area contributed by atoms with Crippen molar-refractivity contribution in [1.82, 2.24) is 15.0 Å². The number of hydrogen-bond acceptors (Lipinski definition) is 3. The third-order valence-corrected chi connectivity index (χ3v) is 4.24. The van der Waals surface area contributed by atoms with Crippen LogP contribution in [0.4, 0.5) is 0 Å². The average Bonchev–Trinajstić information content (AvgIpc) is 2.76. The average molecular weight is 301 g/mol. The molecule has 0 bridgehead atoms. The fourth-order valence-electron chi connectivity index (χ4n) is 2.94. The summed E-state index contributed by atoms with van der Waals surface area (Å²) in [6, 6.07) is 8.26. The summed E-state index contributed by atoms with van der Waals surface area (Å²) < 4.78 is 7.60. The molecule has 2 aromatic rings. The first-order chi connectivity index (χ1) is 10.7. The molecule has 1 fully saturated rings. The number of aromatic nitrogens is 1. The second kappa shape index (κ2) is 6.50. The monoisotopic (exact) mass is 301 g/mol. The quantitative estimate of drug-likeness (QED) is 0.906. The molecule has 5 nitrogen and oxygen atoms in total. The zero-order valence-electron chi connectivity index (χ0n) is 13.1. The Morgan fingerprint density at radius 1 is 1.45 bits per heavy atom. The van der Waals surface area contributed by atoms with E-state index in [1.54, 1.807) is 0 Å². The molecule has 2 N–H and O–H groups in total. The van der Waals surface area contributed by atoms with Crippen LogP contribution in [0.1, 0.15) is 24.2 Å². The maximum Gasteiger partial charge on any atom is 0.227 e. The molecular formula is C17H23N3O2. The number of carbonyl (C=O) groups is 1. The van der Waals surface area contributed by atoms with Crippen molar-refractivity contribution >= 4 is 11.4 Å². The van der Waals surface area contributed by atoms with Gasteiger partial charge in [0, 0.05) is 30.5 Å². The van der Waals surface area contributed by atoms with Crippen LogP contribution in [0.5, 0.6) is 0 Å². The molecule has 2 aromatic heterocycles. The van der Waals surface area contributed by atoms with Gasteiger partial charge in [-0.1, -0.05) is 6.07 Å². The van der Waals surface area contributed by atoms with Crippen molar-refractivity contribution in [2.45, 2.75) is 19.9 Å². The van der Waals surface area contributed by atoms with Gasteiger partial charge < -0.3 is 19.8 Å². The first-order valence-corrected chi connectivity index (χ1v) is 7.82. The summed E-state index contributed by atoms with van der Waals surface area (Å²) in [6.07, 6.45) is 2.04. The molecule has 0 saturated carbocycles. The molecule has 0 radical (unpaired) electrons. The number of pyridine rings is 1. The first-order valence-electron chi connectivity index (χ1n) is 7.82. The summed E-state index contributed by atoms with van der Waals surface area (Å²) >= 11 is 0. The van der Waals surface area contributed by atoms with Crippen LogP contribution in [0.25, 0.3) is 5.52 Å². The Kier molecular flexibility index (Phi) is 4.45. The molecule has 0 aliphatic carbocycles. The van der Waals surface area contributed by atoms with Crippen molar-refractivity contribution in [1.29, 1.82) is 0 Å². The van der Waals surface area contributed by atoms with E-state index >= 15 is 0 Å². The SMILES string of the molecule is Cc1cccn2c(C(C)NC(=O)C3CNCCOC3)ccc12. The van der Waals surface area contributed by atoms with Crippen molar-refractivity contribution in [2.24, 2.45) is 5.92 Å². The molecule has 1 aliphatic heterocycles. The molecular weight excluding hydrogens is 278 g/mol. The highest BCUT2D eigenvalue weighted by Gasteiger charge is 2.23. The predicted octanol–water partition coefficient (Wildman–Crippen LogP) is 1.66. The normalized spacial score (nSPS) is 20.5. The van der Waals surface area contributed by atoms with Gasteiger partial charge in [0.25, 0.3) is 0 Å². The lowest BCUT2D eigenvalue weighted by Crippen LogP contribution is -2.39. The number of nitrogens with one attached hydrogen (secondary N) is 2. The predicted molar refractivity (Wildman–Crippen MR) is 85.9 cm³/mol. The molecule has 2 atom stereocenters. The molecule has 1 saturated heterocycles. The number of fused-ring (bicyclic) bond motifs is 1. The molecule has 3 heterocycles. The van der Waals surface area contributed by atoms with Crippen molar-refractivity contribution in [3.8, 4) is 0 Å². The van der Waals surface area contributed by atoms with Gasteiger partial charge in [0.1, 0.15) is 0 Å². The minimum Gasteiger partial charge on any atom is -0.379 e. The van der Waals surface area contributed by atoms with E-state index < -0.39 is 0 Å². The second-order valence-corrected chi connectivity index (χ2v) is 5.91. The van der Waals surface area contributed by atoms with Gasteiger partial charge in [-0.3, -0.25) is 4.79 Å². The number of aryl methyl sites for hydroxylation is 1. The number of ether oxygens (including phenoxy) is 1. The minimum absolute atomic E-state index is 0.0416. The number of nitrogens with zero attached hydrogens (tertiary/aromatic N) is 1. The Labute approximate surface area is 130 Å². The fraction of sp³-hybridized carbons (Fsp3) is 0.471. The summed E-state index contributed by atoms with van der Waals surface area (Å²) in [5.74, 6) is -0.0811. The van der Waals surface area contributed by atoms with Gasteiger partial charge in [0.15, 0.2) is 0 Å². The fourth-order valence-corrected chi connectivity index (χ4v) is 2.94. The van der Waals surface area contributed by atoms with Crippen LogP contribution in [0, 0.1) is 12.8 Å². The number of hydrogen-bond donors (Lipinski definition) is 2. The van der Waals surface area contributed by atoms with Crippen LogP contribution in [-0.4, -0.2) is 36.6 Å². The van der Waals surface area contributed by atoms with Gasteiger partial charge in [0.2, 0.25) is 5.91 Å². The second-order valence-electron chi connectivity index (χ2n) is 5.91. The Morgan fingerprint density at radius 2 is 2.32 bits per heavy atom. The summed E-state index contributed by atoms with van der Waals surface area (Å²) in [7, 11) is 0. The Bertz CT molecular complexity index is 657. The molecule has 22 heavy (non-hydrogen) atoms. The highest BCUT2D eigenvalue weighted by Crippen LogP contribution is 2.20. The Hall–Kier alpha value is -1.85. The summed E-state index contributed by atoms with van der Waals surface area (Å²) in [5, 5.41) is 6.34. The van der Waals surface area contributed by atoms with Gasteiger partial charge in [0.05, 0.1) is 25.2 Å². The van der Waals surface area contributed by atoms with Crippen molar-refractivity contribution in [3.63, 3.8) is 0 Å². The molecule has 1 amide bonds. The van der Waals surface area contributed by atoms with E-state index in [9.17, 15) is 4.79 Å². The Balaban J connectivity index is 1.74. The lowest BCUT2D eigenvalue weighted by atomic mass is 10.1. The van der Waals surface area contributed by atoms with Gasteiger partial charge in [-0.2, -0.15) is 0 Å². The third kappa shape index (κ3) is 3.00. The molecule has 118 valence electrons. The van der Waals surface area contributed by atoms with Crippen LogP contribution in [0.3, 0.4) is 0 Å². The molecule has 5 heteroatoms. The lowest BCUT2D eigenvalue weighted by Gasteiger charge is -2.19. The summed E-state index contributed by atoms with van der Waals surface area (Å²) in [6.45, 7) is 6.75. The molecule has 3 rings (SSSR count). The summed E-state index contributed by atoms with van der Waals surface area (Å²) in [5.41, 5.74) is 3.50. The largest absolute Gasteiger partial charge is 0.379 e.